The van der Waals surface area contributed by atoms with E-state index in [1.807, 2.05) is 23.6 Å². The van der Waals surface area contributed by atoms with E-state index in [-0.39, 0.29) is 0 Å². The molecule has 0 amide bonds. The summed E-state index contributed by atoms with van der Waals surface area (Å²) in [5.74, 6) is 2.97. The fraction of sp³-hybridized carbons (Fsp3) is 0.400. The van der Waals surface area contributed by atoms with Gasteiger partial charge in [0.1, 0.15) is 11.6 Å². The van der Waals surface area contributed by atoms with E-state index in [2.05, 4.69) is 31.7 Å². The minimum Gasteiger partial charge on any atom is -0.355 e. The first-order valence-electron chi connectivity index (χ1n) is 7.46. The third kappa shape index (κ3) is 2.46. The summed E-state index contributed by atoms with van der Waals surface area (Å²) < 4.78 is 7.67. The number of hydrogen-bond donors (Lipinski definition) is 0. The maximum absolute atomic E-state index is 5.44. The first-order chi connectivity index (χ1) is 10.8. The van der Waals surface area contributed by atoms with Crippen LogP contribution in [0.4, 0.5) is 0 Å². The molecule has 1 aliphatic rings. The topological polar surface area (TPSA) is 60.0 Å². The molecule has 0 saturated heterocycles. The second-order valence-corrected chi connectivity index (χ2v) is 6.36. The molecule has 6 nitrogen and oxygen atoms in total. The Bertz CT molecular complexity index is 761. The average Bonchev–Trinajstić information content (AvgIpc) is 3.27. The Hall–Kier alpha value is -1.99. The molecule has 0 aliphatic carbocycles. The Morgan fingerprint density at radius 3 is 3.09 bits per heavy atom. The van der Waals surface area contributed by atoms with Crippen LogP contribution in [0.25, 0.3) is 10.6 Å². The number of aryl methyl sites for hydroxylation is 1. The minimum atomic E-state index is 0.781. The Kier molecular flexibility index (Phi) is 3.51. The van der Waals surface area contributed by atoms with Gasteiger partial charge in [0.05, 0.1) is 17.1 Å². The monoisotopic (exact) mass is 315 g/mol. The molecule has 0 fully saturated rings. The van der Waals surface area contributed by atoms with Gasteiger partial charge in [-0.1, -0.05) is 18.1 Å². The van der Waals surface area contributed by atoms with Crippen molar-refractivity contribution in [2.75, 3.05) is 6.54 Å². The van der Waals surface area contributed by atoms with Crippen LogP contribution in [0.1, 0.15) is 24.3 Å². The van der Waals surface area contributed by atoms with Crippen molar-refractivity contribution in [3.05, 3.63) is 40.9 Å². The number of rotatable bonds is 4. The molecule has 3 aromatic rings. The van der Waals surface area contributed by atoms with Crippen LogP contribution in [0.5, 0.6) is 0 Å². The van der Waals surface area contributed by atoms with Gasteiger partial charge in [-0.15, -0.1) is 21.5 Å². The second kappa shape index (κ2) is 5.66. The predicted molar refractivity (Wildman–Crippen MR) is 83.3 cm³/mol. The SMILES string of the molecule is CCc1nnc2n1CCN(Cc1cc(-c3cccs3)on1)C2. The van der Waals surface area contributed by atoms with E-state index in [1.165, 1.54) is 0 Å². The zero-order valence-corrected chi connectivity index (χ0v) is 13.2. The summed E-state index contributed by atoms with van der Waals surface area (Å²) in [6, 6.07) is 6.10. The van der Waals surface area contributed by atoms with Gasteiger partial charge in [-0.25, -0.2) is 0 Å². The summed E-state index contributed by atoms with van der Waals surface area (Å²) in [6.45, 7) is 5.64. The van der Waals surface area contributed by atoms with Gasteiger partial charge in [0.15, 0.2) is 5.76 Å². The van der Waals surface area contributed by atoms with Crippen molar-refractivity contribution in [3.8, 4) is 10.6 Å². The first-order valence-corrected chi connectivity index (χ1v) is 8.34. The Labute approximate surface area is 132 Å². The zero-order valence-electron chi connectivity index (χ0n) is 12.4. The van der Waals surface area contributed by atoms with E-state index in [4.69, 9.17) is 4.52 Å². The largest absolute Gasteiger partial charge is 0.355 e. The van der Waals surface area contributed by atoms with Crippen molar-refractivity contribution in [2.45, 2.75) is 33.0 Å². The lowest BCUT2D eigenvalue weighted by molar-refractivity contribution is 0.202. The second-order valence-electron chi connectivity index (χ2n) is 5.41. The van der Waals surface area contributed by atoms with E-state index in [0.717, 1.165) is 60.6 Å². The fourth-order valence-corrected chi connectivity index (χ4v) is 3.49. The molecule has 7 heteroatoms. The molecule has 0 aromatic carbocycles. The molecule has 22 heavy (non-hydrogen) atoms. The van der Waals surface area contributed by atoms with Gasteiger partial charge < -0.3 is 9.09 Å². The number of fused-ring (bicyclic) bond motifs is 1. The van der Waals surface area contributed by atoms with Crippen LogP contribution in [-0.4, -0.2) is 31.4 Å². The summed E-state index contributed by atoms with van der Waals surface area (Å²) in [6.07, 6.45) is 0.931. The van der Waals surface area contributed by atoms with Crippen molar-refractivity contribution in [3.63, 3.8) is 0 Å². The number of hydrogen-bond acceptors (Lipinski definition) is 6. The van der Waals surface area contributed by atoms with Crippen LogP contribution in [0.2, 0.25) is 0 Å². The van der Waals surface area contributed by atoms with Crippen LogP contribution in [0, 0.1) is 0 Å². The van der Waals surface area contributed by atoms with E-state index in [0.29, 0.717) is 0 Å². The average molecular weight is 315 g/mol. The molecule has 1 aliphatic heterocycles. The van der Waals surface area contributed by atoms with E-state index in [1.54, 1.807) is 11.3 Å². The van der Waals surface area contributed by atoms with Gasteiger partial charge in [0, 0.05) is 32.1 Å². The molecule has 0 radical (unpaired) electrons. The van der Waals surface area contributed by atoms with Crippen molar-refractivity contribution >= 4 is 11.3 Å². The van der Waals surface area contributed by atoms with Gasteiger partial charge >= 0.3 is 0 Å². The van der Waals surface area contributed by atoms with E-state index in [9.17, 15) is 0 Å². The van der Waals surface area contributed by atoms with Crippen LogP contribution in [-0.2, 0) is 26.1 Å². The summed E-state index contributed by atoms with van der Waals surface area (Å²) in [4.78, 5) is 3.45. The molecule has 0 N–H and O–H groups in total. The molecule has 0 unspecified atom stereocenters. The summed E-state index contributed by atoms with van der Waals surface area (Å²) in [5, 5.41) is 14.8. The summed E-state index contributed by atoms with van der Waals surface area (Å²) >= 11 is 1.66. The number of aromatic nitrogens is 4. The molecule has 4 rings (SSSR count). The standard InChI is InChI=1S/C15H17N5OS/c1-2-14-16-17-15-10-19(5-6-20(14)15)9-11-8-12(21-18-11)13-4-3-7-22-13/h3-4,7-8H,2,5-6,9-10H2,1H3. The van der Waals surface area contributed by atoms with Crippen molar-refractivity contribution in [1.29, 1.82) is 0 Å². The van der Waals surface area contributed by atoms with Gasteiger partial charge in [0.2, 0.25) is 0 Å². The maximum atomic E-state index is 5.44. The Morgan fingerprint density at radius 2 is 2.27 bits per heavy atom. The normalized spacial score (nSPS) is 15.1. The molecule has 0 spiro atoms. The smallest absolute Gasteiger partial charge is 0.177 e. The molecule has 0 bridgehead atoms. The Morgan fingerprint density at radius 1 is 1.32 bits per heavy atom. The van der Waals surface area contributed by atoms with Crippen LogP contribution >= 0.6 is 11.3 Å². The minimum absolute atomic E-state index is 0.781. The molecular weight excluding hydrogens is 298 g/mol. The van der Waals surface area contributed by atoms with E-state index >= 15 is 0 Å². The van der Waals surface area contributed by atoms with Crippen molar-refractivity contribution in [2.24, 2.45) is 0 Å². The molecule has 4 heterocycles. The van der Waals surface area contributed by atoms with Crippen molar-refractivity contribution < 1.29 is 4.52 Å². The van der Waals surface area contributed by atoms with Gasteiger partial charge in [-0.2, -0.15) is 0 Å². The lowest BCUT2D eigenvalue weighted by atomic mass is 10.2. The molecular formula is C15H17N5OS. The van der Waals surface area contributed by atoms with E-state index < -0.39 is 0 Å². The highest BCUT2D eigenvalue weighted by molar-refractivity contribution is 7.13. The highest BCUT2D eigenvalue weighted by atomic mass is 32.1. The van der Waals surface area contributed by atoms with Crippen molar-refractivity contribution in [1.82, 2.24) is 24.8 Å². The third-order valence-corrected chi connectivity index (χ3v) is 4.82. The lowest BCUT2D eigenvalue weighted by Gasteiger charge is -2.26. The molecule has 114 valence electrons. The summed E-state index contributed by atoms with van der Waals surface area (Å²) in [7, 11) is 0. The Balaban J connectivity index is 1.46. The lowest BCUT2D eigenvalue weighted by Crippen LogP contribution is -2.34. The predicted octanol–water partition coefficient (Wildman–Crippen LogP) is 2.57. The zero-order chi connectivity index (χ0) is 14.9. The molecule has 0 atom stereocenters. The molecule has 3 aromatic heterocycles. The van der Waals surface area contributed by atoms with Gasteiger partial charge in [-0.05, 0) is 11.4 Å². The molecule has 0 saturated carbocycles. The first kappa shape index (κ1) is 13.7. The quantitative estimate of drug-likeness (QED) is 0.740. The fourth-order valence-electron chi connectivity index (χ4n) is 2.81. The highest BCUT2D eigenvalue weighted by Gasteiger charge is 2.21. The summed E-state index contributed by atoms with van der Waals surface area (Å²) in [5.41, 5.74) is 0.965. The van der Waals surface area contributed by atoms with Gasteiger partial charge in [-0.3, -0.25) is 4.90 Å². The highest BCUT2D eigenvalue weighted by Crippen LogP contribution is 2.26. The number of nitrogens with zero attached hydrogens (tertiary/aromatic N) is 5. The van der Waals surface area contributed by atoms with Crippen LogP contribution in [0.3, 0.4) is 0 Å². The van der Waals surface area contributed by atoms with Crippen LogP contribution < -0.4 is 0 Å². The third-order valence-electron chi connectivity index (χ3n) is 3.93. The number of thiophene rings is 1. The van der Waals surface area contributed by atoms with Gasteiger partial charge in [0.25, 0.3) is 0 Å². The van der Waals surface area contributed by atoms with Crippen LogP contribution in [0.15, 0.2) is 28.1 Å². The maximum Gasteiger partial charge on any atom is 0.177 e.